The third kappa shape index (κ3) is 2.69. The van der Waals surface area contributed by atoms with Crippen molar-refractivity contribution in [3.8, 4) is 0 Å². The van der Waals surface area contributed by atoms with Crippen molar-refractivity contribution in [2.45, 2.75) is 12.6 Å². The Morgan fingerprint density at radius 2 is 2.25 bits per heavy atom. The lowest BCUT2D eigenvalue weighted by Gasteiger charge is -2.17. The minimum atomic E-state index is -4.55. The van der Waals surface area contributed by atoms with Crippen LogP contribution in [0.15, 0.2) is 17.4 Å². The molecule has 0 saturated carbocycles. The smallest absolute Gasteiger partial charge is 0.411 e. The summed E-state index contributed by atoms with van der Waals surface area (Å²) in [5.74, 6) is -1.07. The fourth-order valence-corrected chi connectivity index (χ4v) is 2.18. The predicted octanol–water partition coefficient (Wildman–Crippen LogP) is 2.57. The minimum absolute atomic E-state index is 0.0292. The first-order chi connectivity index (χ1) is 9.34. The number of pyridine rings is 1. The Hall–Kier alpha value is -1.83. The Balaban J connectivity index is 2.29. The fraction of sp³-hybridized carbons (Fsp3) is 0.364. The zero-order chi connectivity index (χ0) is 14.9. The van der Waals surface area contributed by atoms with E-state index in [4.69, 9.17) is 16.8 Å². The Labute approximate surface area is 116 Å². The van der Waals surface area contributed by atoms with Crippen LogP contribution in [-0.2, 0) is 11.0 Å². The molecule has 1 fully saturated rings. The van der Waals surface area contributed by atoms with Crippen LogP contribution in [0.4, 0.5) is 19.0 Å². The Kier molecular flexibility index (Phi) is 3.85. The molecule has 0 radical (unpaired) electrons. The van der Waals surface area contributed by atoms with Crippen LogP contribution in [0.2, 0.25) is 5.02 Å². The Bertz CT molecular complexity index is 562. The second-order valence-electron chi connectivity index (χ2n) is 4.18. The van der Waals surface area contributed by atoms with E-state index in [1.807, 2.05) is 0 Å². The van der Waals surface area contributed by atoms with Gasteiger partial charge in [-0.1, -0.05) is 11.6 Å². The van der Waals surface area contributed by atoms with Crippen molar-refractivity contribution in [2.75, 3.05) is 11.4 Å². The molecule has 0 spiro atoms. The monoisotopic (exact) mass is 307 g/mol. The molecule has 1 N–H and O–H groups in total. The summed E-state index contributed by atoms with van der Waals surface area (Å²) in [5.41, 5.74) is -0.980. The molecule has 5 nitrogen and oxygen atoms in total. The second kappa shape index (κ2) is 5.28. The number of rotatable bonds is 2. The molecule has 1 saturated heterocycles. The molecule has 0 aromatic carbocycles. The van der Waals surface area contributed by atoms with Crippen LogP contribution in [0.3, 0.4) is 0 Å². The molecular weight excluding hydrogens is 299 g/mol. The molecule has 1 aromatic rings. The first-order valence-electron chi connectivity index (χ1n) is 5.56. The van der Waals surface area contributed by atoms with E-state index in [0.29, 0.717) is 12.6 Å². The van der Waals surface area contributed by atoms with Crippen molar-refractivity contribution >= 4 is 29.5 Å². The second-order valence-corrected chi connectivity index (χ2v) is 4.58. The lowest BCUT2D eigenvalue weighted by Crippen LogP contribution is -2.28. The van der Waals surface area contributed by atoms with Crippen LogP contribution in [-0.4, -0.2) is 28.9 Å². The van der Waals surface area contributed by atoms with Gasteiger partial charge in [0.15, 0.2) is 5.82 Å². The van der Waals surface area contributed by atoms with E-state index in [2.05, 4.69) is 10.1 Å². The molecule has 0 unspecified atom stereocenters. The van der Waals surface area contributed by atoms with Crippen molar-refractivity contribution in [2.24, 2.45) is 11.1 Å². The van der Waals surface area contributed by atoms with Crippen LogP contribution in [0.25, 0.3) is 0 Å². The molecule has 2 rings (SSSR count). The van der Waals surface area contributed by atoms with Gasteiger partial charge in [0.2, 0.25) is 5.91 Å². The number of nitrogens with zero attached hydrogens (tertiary/aromatic N) is 3. The first-order valence-corrected chi connectivity index (χ1v) is 5.94. The lowest BCUT2D eigenvalue weighted by molar-refractivity contribution is -0.137. The highest BCUT2D eigenvalue weighted by molar-refractivity contribution is 6.33. The maximum Gasteiger partial charge on any atom is 0.417 e. The van der Waals surface area contributed by atoms with E-state index < -0.39 is 23.6 Å². The van der Waals surface area contributed by atoms with Gasteiger partial charge in [0.05, 0.1) is 22.7 Å². The summed E-state index contributed by atoms with van der Waals surface area (Å²) < 4.78 is 37.5. The number of oxime groups is 1. The maximum absolute atomic E-state index is 12.5. The summed E-state index contributed by atoms with van der Waals surface area (Å²) in [5, 5.41) is 10.9. The molecule has 1 aliphatic heterocycles. The number of carbonyl (C=O) groups is 1. The van der Waals surface area contributed by atoms with Crippen molar-refractivity contribution in [3.05, 3.63) is 22.8 Å². The van der Waals surface area contributed by atoms with E-state index in [-0.39, 0.29) is 17.4 Å². The molecule has 9 heteroatoms. The van der Waals surface area contributed by atoms with Crippen molar-refractivity contribution < 1.29 is 23.2 Å². The number of amides is 1. The van der Waals surface area contributed by atoms with Gasteiger partial charge in [0.25, 0.3) is 0 Å². The zero-order valence-electron chi connectivity index (χ0n) is 9.93. The van der Waals surface area contributed by atoms with Crippen LogP contribution in [0, 0.1) is 5.92 Å². The molecular formula is C11H9ClF3N3O2. The first kappa shape index (κ1) is 14.6. The predicted molar refractivity (Wildman–Crippen MR) is 65.0 cm³/mol. The summed E-state index contributed by atoms with van der Waals surface area (Å²) in [4.78, 5) is 16.7. The highest BCUT2D eigenvalue weighted by Crippen LogP contribution is 2.35. The summed E-state index contributed by atoms with van der Waals surface area (Å²) >= 11 is 5.77. The van der Waals surface area contributed by atoms with Gasteiger partial charge in [-0.3, -0.25) is 9.69 Å². The summed E-state index contributed by atoms with van der Waals surface area (Å²) in [7, 11) is 0. The molecule has 20 heavy (non-hydrogen) atoms. The van der Waals surface area contributed by atoms with Gasteiger partial charge in [-0.15, -0.1) is 5.16 Å². The highest BCUT2D eigenvalue weighted by atomic mass is 35.5. The number of alkyl halides is 3. The van der Waals surface area contributed by atoms with Crippen LogP contribution >= 0.6 is 11.6 Å². The van der Waals surface area contributed by atoms with Gasteiger partial charge in [-0.25, -0.2) is 4.98 Å². The van der Waals surface area contributed by atoms with Crippen LogP contribution in [0.1, 0.15) is 12.0 Å². The van der Waals surface area contributed by atoms with E-state index in [1.165, 1.54) is 4.90 Å². The molecule has 1 amide bonds. The van der Waals surface area contributed by atoms with Crippen LogP contribution in [0.5, 0.6) is 0 Å². The lowest BCUT2D eigenvalue weighted by atomic mass is 10.1. The number of hydrogen-bond donors (Lipinski definition) is 1. The fourth-order valence-electron chi connectivity index (χ4n) is 1.92. The number of halogens is 4. The Morgan fingerprint density at radius 3 is 2.80 bits per heavy atom. The van der Waals surface area contributed by atoms with E-state index in [0.717, 1.165) is 12.3 Å². The largest absolute Gasteiger partial charge is 0.417 e. The summed E-state index contributed by atoms with van der Waals surface area (Å²) in [6, 6.07) is 0.727. The number of carbonyl (C=O) groups excluding carboxylic acids is 1. The Morgan fingerprint density at radius 1 is 1.55 bits per heavy atom. The van der Waals surface area contributed by atoms with Gasteiger partial charge >= 0.3 is 6.18 Å². The minimum Gasteiger partial charge on any atom is -0.411 e. The standard InChI is InChI=1S/C11H9ClF3N3O2/c12-8-3-7(11(13,14)15)5-16-9(8)18-2-1-6(4-17-20)10(18)19/h3-6,20H,1-2H2/b17-4+/t6-/m0/s1. The topological polar surface area (TPSA) is 65.8 Å². The summed E-state index contributed by atoms with van der Waals surface area (Å²) in [6.07, 6.45) is -2.47. The van der Waals surface area contributed by atoms with Gasteiger partial charge in [-0.05, 0) is 12.5 Å². The van der Waals surface area contributed by atoms with E-state index >= 15 is 0 Å². The SMILES string of the molecule is O=C1[C@H](/C=N/O)CCN1c1ncc(C(F)(F)F)cc1Cl. The van der Waals surface area contributed by atoms with Crippen molar-refractivity contribution in [1.29, 1.82) is 0 Å². The average Bonchev–Trinajstić information content (AvgIpc) is 2.71. The highest BCUT2D eigenvalue weighted by Gasteiger charge is 2.36. The number of aromatic nitrogens is 1. The molecule has 1 atom stereocenters. The van der Waals surface area contributed by atoms with E-state index in [1.54, 1.807) is 0 Å². The molecule has 1 aliphatic rings. The van der Waals surface area contributed by atoms with E-state index in [9.17, 15) is 18.0 Å². The number of hydrogen-bond acceptors (Lipinski definition) is 4. The third-order valence-corrected chi connectivity index (χ3v) is 3.18. The molecule has 2 heterocycles. The number of anilines is 1. The maximum atomic E-state index is 12.5. The van der Waals surface area contributed by atoms with Crippen molar-refractivity contribution in [3.63, 3.8) is 0 Å². The normalized spacial score (nSPS) is 20.1. The van der Waals surface area contributed by atoms with Gasteiger partial charge in [0.1, 0.15) is 0 Å². The molecule has 1 aromatic heterocycles. The van der Waals surface area contributed by atoms with Crippen molar-refractivity contribution in [1.82, 2.24) is 4.98 Å². The van der Waals surface area contributed by atoms with Gasteiger partial charge in [0, 0.05) is 12.7 Å². The van der Waals surface area contributed by atoms with Gasteiger partial charge in [-0.2, -0.15) is 13.2 Å². The van der Waals surface area contributed by atoms with Gasteiger partial charge < -0.3 is 5.21 Å². The summed E-state index contributed by atoms with van der Waals surface area (Å²) in [6.45, 7) is 0.244. The van der Waals surface area contributed by atoms with Crippen LogP contribution < -0.4 is 4.90 Å². The quantitative estimate of drug-likeness (QED) is 0.519. The average molecular weight is 308 g/mol. The molecule has 0 aliphatic carbocycles. The third-order valence-electron chi connectivity index (χ3n) is 2.90. The zero-order valence-corrected chi connectivity index (χ0v) is 10.7. The molecule has 108 valence electrons. The molecule has 0 bridgehead atoms.